The molecular formula is C44H52NO2PS. The summed E-state index contributed by atoms with van der Waals surface area (Å²) in [5.74, 6) is 4.59. The number of benzene rings is 4. The second-order valence-corrected chi connectivity index (χ2v) is 21.6. The minimum absolute atomic E-state index is 0.000489. The lowest BCUT2D eigenvalue weighted by Gasteiger charge is -2.58. The summed E-state index contributed by atoms with van der Waals surface area (Å²) in [6, 6.07) is 35.5. The molecule has 5 aliphatic rings. The van der Waals surface area contributed by atoms with E-state index < -0.39 is 18.9 Å². The van der Waals surface area contributed by atoms with Crippen LogP contribution in [0.4, 0.5) is 0 Å². The molecule has 9 rings (SSSR count). The summed E-state index contributed by atoms with van der Waals surface area (Å²) in [6.45, 7) is 11.1. The van der Waals surface area contributed by atoms with Crippen molar-refractivity contribution in [2.45, 2.75) is 95.8 Å². The van der Waals surface area contributed by atoms with Crippen LogP contribution in [0.15, 0.2) is 97.1 Å². The van der Waals surface area contributed by atoms with Crippen molar-refractivity contribution in [1.82, 2.24) is 4.31 Å². The topological polar surface area (TPSA) is 29.5 Å². The van der Waals surface area contributed by atoms with Crippen molar-refractivity contribution in [2.75, 3.05) is 7.05 Å². The van der Waals surface area contributed by atoms with E-state index in [4.69, 9.17) is 4.74 Å². The maximum Gasteiger partial charge on any atom is 0.139 e. The zero-order valence-corrected chi connectivity index (χ0v) is 31.8. The van der Waals surface area contributed by atoms with Gasteiger partial charge in [0.05, 0.1) is 10.8 Å². The molecule has 4 saturated carbocycles. The van der Waals surface area contributed by atoms with Gasteiger partial charge in [-0.15, -0.1) is 0 Å². The van der Waals surface area contributed by atoms with Gasteiger partial charge >= 0.3 is 0 Å². The Morgan fingerprint density at radius 3 is 1.80 bits per heavy atom. The minimum atomic E-state index is -1.17. The van der Waals surface area contributed by atoms with E-state index in [-0.39, 0.29) is 16.2 Å². The van der Waals surface area contributed by atoms with Crippen LogP contribution in [-0.4, -0.2) is 20.3 Å². The molecule has 4 aliphatic carbocycles. The van der Waals surface area contributed by atoms with Crippen molar-refractivity contribution >= 4 is 34.8 Å². The Morgan fingerprint density at radius 2 is 1.27 bits per heavy atom. The van der Waals surface area contributed by atoms with Crippen molar-refractivity contribution in [2.24, 2.45) is 23.2 Å². The summed E-state index contributed by atoms with van der Waals surface area (Å²) in [6.07, 6.45) is 9.32. The molecule has 49 heavy (non-hydrogen) atoms. The largest absolute Gasteiger partial charge is 0.456 e. The van der Waals surface area contributed by atoms with Gasteiger partial charge in [-0.25, -0.2) is 8.51 Å². The molecule has 1 aliphatic heterocycles. The molecule has 4 bridgehead atoms. The summed E-state index contributed by atoms with van der Waals surface area (Å²) in [7, 11) is 0.0822. The minimum Gasteiger partial charge on any atom is -0.456 e. The van der Waals surface area contributed by atoms with Crippen molar-refractivity contribution in [3.8, 4) is 11.5 Å². The van der Waals surface area contributed by atoms with E-state index in [1.165, 1.54) is 71.1 Å². The Bertz CT molecular complexity index is 1790. The SMILES string of the molecule is CN(C(CC12CC3CC(CC(C3)C1)C2)c1cccc2c1Oc1c(P(c3ccccc3)c3ccccc3)cccc1C2(C)C)S(=O)C(C)(C)C. The first-order valence-corrected chi connectivity index (χ1v) is 20.9. The van der Waals surface area contributed by atoms with E-state index in [0.717, 1.165) is 35.7 Å². The van der Waals surface area contributed by atoms with Crippen LogP contribution in [0.25, 0.3) is 0 Å². The van der Waals surface area contributed by atoms with E-state index in [0.29, 0.717) is 5.41 Å². The maximum absolute atomic E-state index is 14.3. The monoisotopic (exact) mass is 689 g/mol. The van der Waals surface area contributed by atoms with Crippen molar-refractivity contribution in [3.63, 3.8) is 0 Å². The van der Waals surface area contributed by atoms with Crippen molar-refractivity contribution < 1.29 is 8.95 Å². The first-order chi connectivity index (χ1) is 23.4. The van der Waals surface area contributed by atoms with Gasteiger partial charge in [0.25, 0.3) is 0 Å². The number of fused-ring (bicyclic) bond motifs is 2. The molecule has 0 spiro atoms. The molecule has 0 radical (unpaired) electrons. The fraction of sp³-hybridized carbons (Fsp3) is 0.455. The highest BCUT2D eigenvalue weighted by Crippen LogP contribution is 2.63. The molecule has 1 heterocycles. The number of hydrogen-bond donors (Lipinski definition) is 0. The van der Waals surface area contributed by atoms with Crippen LogP contribution in [0.3, 0.4) is 0 Å². The molecule has 5 heteroatoms. The summed E-state index contributed by atoms with van der Waals surface area (Å²) in [5.41, 5.74) is 3.71. The highest BCUT2D eigenvalue weighted by atomic mass is 32.2. The second kappa shape index (κ2) is 12.5. The lowest BCUT2D eigenvalue weighted by atomic mass is 9.48. The smallest absolute Gasteiger partial charge is 0.139 e. The molecule has 0 amide bonds. The lowest BCUT2D eigenvalue weighted by Crippen LogP contribution is -2.48. The van der Waals surface area contributed by atoms with E-state index in [1.54, 1.807) is 0 Å². The van der Waals surface area contributed by atoms with Gasteiger partial charge in [0.15, 0.2) is 0 Å². The summed E-state index contributed by atoms with van der Waals surface area (Å²) in [5, 5.41) is 3.89. The third-order valence-corrected chi connectivity index (χ3v) is 16.5. The van der Waals surface area contributed by atoms with Crippen LogP contribution >= 0.6 is 7.92 Å². The second-order valence-electron chi connectivity index (χ2n) is 17.2. The number of rotatable bonds is 8. The van der Waals surface area contributed by atoms with Gasteiger partial charge in [0, 0.05) is 34.5 Å². The number of para-hydroxylation sites is 2. The van der Waals surface area contributed by atoms with Crippen LogP contribution in [0.2, 0.25) is 0 Å². The summed E-state index contributed by atoms with van der Waals surface area (Å²) < 4.78 is 23.6. The maximum atomic E-state index is 14.3. The lowest BCUT2D eigenvalue weighted by molar-refractivity contribution is -0.0652. The van der Waals surface area contributed by atoms with Crippen LogP contribution in [-0.2, 0) is 16.4 Å². The van der Waals surface area contributed by atoms with Gasteiger partial charge in [-0.3, -0.25) is 0 Å². The van der Waals surface area contributed by atoms with E-state index in [2.05, 4.69) is 143 Å². The third-order valence-electron chi connectivity index (χ3n) is 12.2. The van der Waals surface area contributed by atoms with Gasteiger partial charge in [0.2, 0.25) is 0 Å². The Labute approximate surface area is 298 Å². The first kappa shape index (κ1) is 33.4. The molecule has 4 fully saturated rings. The fourth-order valence-corrected chi connectivity index (χ4v) is 14.2. The predicted molar refractivity (Wildman–Crippen MR) is 207 cm³/mol. The third kappa shape index (κ3) is 5.94. The highest BCUT2D eigenvalue weighted by molar-refractivity contribution is 7.84. The van der Waals surface area contributed by atoms with Crippen molar-refractivity contribution in [3.05, 3.63) is 114 Å². The van der Waals surface area contributed by atoms with Gasteiger partial charge < -0.3 is 4.74 Å². The van der Waals surface area contributed by atoms with Crippen molar-refractivity contribution in [1.29, 1.82) is 0 Å². The number of hydrogen-bond acceptors (Lipinski definition) is 2. The molecule has 0 aromatic heterocycles. The zero-order valence-electron chi connectivity index (χ0n) is 30.1. The quantitative estimate of drug-likeness (QED) is 0.173. The Balaban J connectivity index is 1.27. The summed E-state index contributed by atoms with van der Waals surface area (Å²) >= 11 is 0. The number of ether oxygens (including phenoxy) is 1. The average Bonchev–Trinajstić information content (AvgIpc) is 3.07. The Morgan fingerprint density at radius 1 is 0.755 bits per heavy atom. The molecule has 256 valence electrons. The van der Waals surface area contributed by atoms with Gasteiger partial charge in [0.1, 0.15) is 22.5 Å². The van der Waals surface area contributed by atoms with Gasteiger partial charge in [-0.1, -0.05) is 111 Å². The molecule has 4 aromatic carbocycles. The normalized spacial score (nSPS) is 26.2. The molecule has 2 atom stereocenters. The summed E-state index contributed by atoms with van der Waals surface area (Å²) in [4.78, 5) is 0. The average molecular weight is 690 g/mol. The van der Waals surface area contributed by atoms with Crippen LogP contribution in [0.5, 0.6) is 11.5 Å². The predicted octanol–water partition coefficient (Wildman–Crippen LogP) is 9.92. The van der Waals surface area contributed by atoms with Crippen LogP contribution < -0.4 is 20.7 Å². The molecule has 3 nitrogen and oxygen atoms in total. The Kier molecular flexibility index (Phi) is 8.49. The fourth-order valence-electron chi connectivity index (χ4n) is 10.5. The standard InChI is InChI=1S/C44H52NO2PS/c1-42(2,3)49(46)45(6)38(29-44-26-30-23-31(27-44)25-32(24-30)28-44)35-19-13-20-36-40(35)47-41-37(43(36,4)5)21-14-22-39(41)48(33-15-9-7-10-16-33)34-17-11-8-12-18-34/h7-22,30-32,38H,23-29H2,1-6H3. The molecular weight excluding hydrogens is 638 g/mol. The van der Waals surface area contributed by atoms with Gasteiger partial charge in [-0.05, 0) is 107 Å². The molecule has 0 N–H and O–H groups in total. The molecule has 0 saturated heterocycles. The zero-order chi connectivity index (χ0) is 34.1. The van der Waals surface area contributed by atoms with Crippen LogP contribution in [0.1, 0.15) is 102 Å². The Hall–Kier alpha value is -2.78. The van der Waals surface area contributed by atoms with E-state index in [1.807, 2.05) is 0 Å². The number of nitrogens with zero attached hydrogens (tertiary/aromatic N) is 1. The van der Waals surface area contributed by atoms with Gasteiger partial charge in [-0.2, -0.15) is 0 Å². The first-order valence-electron chi connectivity index (χ1n) is 18.4. The molecule has 4 aromatic rings. The highest BCUT2D eigenvalue weighted by Gasteiger charge is 2.52. The molecule has 2 unspecified atom stereocenters. The van der Waals surface area contributed by atoms with Crippen LogP contribution in [0, 0.1) is 23.2 Å². The van der Waals surface area contributed by atoms with E-state index >= 15 is 0 Å². The van der Waals surface area contributed by atoms with E-state index in [9.17, 15) is 4.21 Å².